The van der Waals surface area contributed by atoms with Crippen LogP contribution in [0.2, 0.25) is 19.6 Å². The van der Waals surface area contributed by atoms with Crippen LogP contribution in [-0.4, -0.2) is 46.1 Å². The van der Waals surface area contributed by atoms with Crippen LogP contribution in [0, 0.1) is 0 Å². The second-order valence-electron chi connectivity index (χ2n) is 5.72. The zero-order valence-electron chi connectivity index (χ0n) is 14.5. The Kier molecular flexibility index (Phi) is 10.0. The Morgan fingerprint density at radius 2 is 1.74 bits per heavy atom. The van der Waals surface area contributed by atoms with Gasteiger partial charge in [-0.1, -0.05) is 6.08 Å². The summed E-state index contributed by atoms with van der Waals surface area (Å²) in [5.74, 6) is -0.158. The average Bonchev–Trinajstić information content (AvgIpc) is 2.37. The second-order valence-corrected chi connectivity index (χ2v) is 13.0. The van der Waals surface area contributed by atoms with Crippen molar-refractivity contribution in [1.82, 2.24) is 0 Å². The van der Waals surface area contributed by atoms with Crippen molar-refractivity contribution in [2.24, 2.45) is 0 Å². The molecule has 0 N–H and O–H groups in total. The molecule has 0 radical (unpaired) electrons. The molecule has 1 atom stereocenters. The van der Waals surface area contributed by atoms with E-state index in [2.05, 4.69) is 0 Å². The van der Waals surface area contributed by atoms with Gasteiger partial charge in [-0.2, -0.15) is 0 Å². The molecular weight excluding hydrogens is 335 g/mol. The lowest BCUT2D eigenvalue weighted by molar-refractivity contribution is -0.137. The topological polar surface area (TPSA) is 78.9 Å². The van der Waals surface area contributed by atoms with Gasteiger partial charge in [-0.15, -0.1) is 0 Å². The number of hydrogen-bond donors (Lipinski definition) is 0. The molecule has 0 aromatic heterocycles. The van der Waals surface area contributed by atoms with Gasteiger partial charge in [0.2, 0.25) is 7.37 Å². The SMILES string of the molecule is CCOC(=O)/C=C/CP(=O)(C/C(=C/C=O)OCC)O[Si](C)(C)C. The van der Waals surface area contributed by atoms with Crippen LogP contribution in [0.5, 0.6) is 0 Å². The number of carbonyl (C=O) groups is 2. The monoisotopic (exact) mass is 362 g/mol. The van der Waals surface area contributed by atoms with Crippen molar-refractivity contribution in [1.29, 1.82) is 0 Å². The second kappa shape index (κ2) is 10.6. The van der Waals surface area contributed by atoms with Crippen LogP contribution in [0.25, 0.3) is 0 Å². The highest BCUT2D eigenvalue weighted by Crippen LogP contribution is 2.51. The quantitative estimate of drug-likeness (QED) is 0.140. The first-order valence-corrected chi connectivity index (χ1v) is 13.0. The lowest BCUT2D eigenvalue weighted by Gasteiger charge is -2.26. The standard InChI is InChI=1S/C15H27O6PSi/c1-6-19-14(10-11-16)13-22(18,21-23(3,4)5)12-8-9-15(17)20-7-2/h8-11H,6-7,12-13H2,1-5H3/b9-8+,14-10-. The summed E-state index contributed by atoms with van der Waals surface area (Å²) in [5.41, 5.74) is 0. The Morgan fingerprint density at radius 3 is 2.22 bits per heavy atom. The molecule has 0 aromatic rings. The van der Waals surface area contributed by atoms with Gasteiger partial charge in [-0.05, 0) is 33.5 Å². The zero-order valence-corrected chi connectivity index (χ0v) is 16.4. The van der Waals surface area contributed by atoms with Crippen LogP contribution in [0.1, 0.15) is 13.8 Å². The molecule has 0 aromatic carbocycles. The molecule has 0 rings (SSSR count). The predicted molar refractivity (Wildman–Crippen MR) is 93.3 cm³/mol. The number of allylic oxidation sites excluding steroid dienone is 3. The van der Waals surface area contributed by atoms with Gasteiger partial charge in [-0.25, -0.2) is 4.79 Å². The first kappa shape index (κ1) is 21.8. The maximum atomic E-state index is 13.1. The van der Waals surface area contributed by atoms with Crippen LogP contribution < -0.4 is 0 Å². The summed E-state index contributed by atoms with van der Waals surface area (Å²) >= 11 is 0. The minimum atomic E-state index is -3.12. The van der Waals surface area contributed by atoms with Gasteiger partial charge < -0.3 is 13.7 Å². The number of aldehydes is 1. The largest absolute Gasteiger partial charge is 0.498 e. The number of esters is 1. The van der Waals surface area contributed by atoms with Crippen LogP contribution >= 0.6 is 7.37 Å². The molecule has 23 heavy (non-hydrogen) atoms. The van der Waals surface area contributed by atoms with Gasteiger partial charge in [0.25, 0.3) is 0 Å². The summed E-state index contributed by atoms with van der Waals surface area (Å²) in [6.07, 6.45) is 4.68. The van der Waals surface area contributed by atoms with Crippen molar-refractivity contribution >= 4 is 27.9 Å². The zero-order chi connectivity index (χ0) is 17.9. The van der Waals surface area contributed by atoms with Gasteiger partial charge in [0.15, 0.2) is 8.32 Å². The number of hydrogen-bond acceptors (Lipinski definition) is 6. The molecule has 1 unspecified atom stereocenters. The fourth-order valence-corrected chi connectivity index (χ4v) is 7.55. The third-order valence-electron chi connectivity index (χ3n) is 2.34. The van der Waals surface area contributed by atoms with E-state index >= 15 is 0 Å². The Morgan fingerprint density at radius 1 is 1.13 bits per heavy atom. The first-order chi connectivity index (χ1) is 10.7. The van der Waals surface area contributed by atoms with Crippen LogP contribution in [0.15, 0.2) is 24.0 Å². The fraction of sp³-hybridized carbons (Fsp3) is 0.600. The van der Waals surface area contributed by atoms with Gasteiger partial charge in [0.05, 0.1) is 19.4 Å². The molecule has 8 heteroatoms. The van der Waals surface area contributed by atoms with Gasteiger partial charge in [0, 0.05) is 18.3 Å². The third kappa shape index (κ3) is 11.1. The third-order valence-corrected chi connectivity index (χ3v) is 7.43. The van der Waals surface area contributed by atoms with E-state index in [1.807, 2.05) is 19.6 Å². The highest BCUT2D eigenvalue weighted by Gasteiger charge is 2.31. The van der Waals surface area contributed by atoms with E-state index in [1.165, 1.54) is 18.2 Å². The minimum Gasteiger partial charge on any atom is -0.498 e. The normalized spacial score (nSPS) is 15.3. The van der Waals surface area contributed by atoms with Crippen LogP contribution in [-0.2, 0) is 27.8 Å². The van der Waals surface area contributed by atoms with Crippen molar-refractivity contribution in [3.05, 3.63) is 24.0 Å². The summed E-state index contributed by atoms with van der Waals surface area (Å²) < 4.78 is 29.1. The molecule has 0 aliphatic heterocycles. The molecule has 0 saturated heterocycles. The maximum Gasteiger partial charge on any atom is 0.330 e. The van der Waals surface area contributed by atoms with E-state index in [0.717, 1.165) is 0 Å². The molecule has 0 fully saturated rings. The van der Waals surface area contributed by atoms with Crippen molar-refractivity contribution in [2.45, 2.75) is 33.5 Å². The van der Waals surface area contributed by atoms with E-state index in [1.54, 1.807) is 13.8 Å². The van der Waals surface area contributed by atoms with Crippen molar-refractivity contribution in [2.75, 3.05) is 25.5 Å². The molecule has 0 spiro atoms. The highest BCUT2D eigenvalue weighted by atomic mass is 31.2. The van der Waals surface area contributed by atoms with Gasteiger partial charge in [-0.3, -0.25) is 9.36 Å². The summed E-state index contributed by atoms with van der Waals surface area (Å²) in [6, 6.07) is 0. The molecule has 0 heterocycles. The lowest BCUT2D eigenvalue weighted by Crippen LogP contribution is -2.25. The molecule has 0 bridgehead atoms. The van der Waals surface area contributed by atoms with Crippen LogP contribution in [0.3, 0.4) is 0 Å². The van der Waals surface area contributed by atoms with Crippen molar-refractivity contribution in [3.63, 3.8) is 0 Å². The smallest absolute Gasteiger partial charge is 0.330 e. The molecule has 0 aliphatic carbocycles. The molecule has 6 nitrogen and oxygen atoms in total. The van der Waals surface area contributed by atoms with Crippen LogP contribution in [0.4, 0.5) is 0 Å². The van der Waals surface area contributed by atoms with E-state index in [4.69, 9.17) is 13.7 Å². The molecule has 0 amide bonds. The number of ether oxygens (including phenoxy) is 2. The van der Waals surface area contributed by atoms with E-state index in [0.29, 0.717) is 18.7 Å². The van der Waals surface area contributed by atoms with E-state index in [-0.39, 0.29) is 18.9 Å². The molecule has 132 valence electrons. The summed E-state index contributed by atoms with van der Waals surface area (Å²) in [6.45, 7) is 9.93. The number of carbonyl (C=O) groups excluding carboxylic acids is 2. The fourth-order valence-electron chi connectivity index (χ4n) is 1.78. The van der Waals surface area contributed by atoms with Gasteiger partial charge >= 0.3 is 5.97 Å². The van der Waals surface area contributed by atoms with E-state index < -0.39 is 21.7 Å². The summed E-state index contributed by atoms with van der Waals surface area (Å²) in [7, 11) is -5.20. The Hall–Kier alpha value is -1.17. The molecular formula is C15H27O6PSi. The van der Waals surface area contributed by atoms with Crippen molar-refractivity contribution < 1.29 is 27.8 Å². The minimum absolute atomic E-state index is 0.0248. The maximum absolute atomic E-state index is 13.1. The first-order valence-electron chi connectivity index (χ1n) is 7.55. The Bertz CT molecular complexity index is 493. The highest BCUT2D eigenvalue weighted by molar-refractivity contribution is 7.60. The number of rotatable bonds is 11. The lowest BCUT2D eigenvalue weighted by atomic mass is 10.5. The summed E-state index contributed by atoms with van der Waals surface area (Å²) in [5, 5.41) is 0. The van der Waals surface area contributed by atoms with Crippen molar-refractivity contribution in [3.8, 4) is 0 Å². The summed E-state index contributed by atoms with van der Waals surface area (Å²) in [4.78, 5) is 22.0. The van der Waals surface area contributed by atoms with E-state index in [9.17, 15) is 14.2 Å². The molecule has 0 saturated carbocycles. The Balaban J connectivity index is 5.17. The average molecular weight is 362 g/mol. The van der Waals surface area contributed by atoms with Gasteiger partial charge in [0.1, 0.15) is 12.0 Å². The Labute approximate surface area is 139 Å². The predicted octanol–water partition coefficient (Wildman–Crippen LogP) is 3.35. The molecule has 0 aliphatic rings.